The molecule has 0 radical (unpaired) electrons. The van der Waals surface area contributed by atoms with E-state index in [0.717, 1.165) is 138 Å². The number of carbonyl (C=O) groups excluding carboxylic acids is 6. The molecule has 1 unspecified atom stereocenters. The maximum Gasteiger partial charge on any atom is 0.343 e. The van der Waals surface area contributed by atoms with Crippen molar-refractivity contribution in [2.45, 2.75) is 187 Å². The van der Waals surface area contributed by atoms with Gasteiger partial charge in [0.25, 0.3) is 0 Å². The second-order valence-corrected chi connectivity index (χ2v) is 25.3. The Hall–Kier alpha value is -8.86. The Kier molecular flexibility index (Phi) is 38.5. The molecular formula is C84H106O16. The van der Waals surface area contributed by atoms with E-state index >= 15 is 0 Å². The lowest BCUT2D eigenvalue weighted by molar-refractivity contribution is -0.139. The molecule has 0 amide bonds. The lowest BCUT2D eigenvalue weighted by Gasteiger charge is -2.18. The number of esters is 6. The molecule has 0 heterocycles. The third kappa shape index (κ3) is 32.4. The number of hydrogen-bond donors (Lipinski definition) is 0. The molecule has 0 saturated carbocycles. The van der Waals surface area contributed by atoms with Gasteiger partial charge >= 0.3 is 35.8 Å². The highest BCUT2D eigenvalue weighted by Gasteiger charge is 2.16. The van der Waals surface area contributed by atoms with Crippen molar-refractivity contribution < 1.29 is 76.1 Å². The summed E-state index contributed by atoms with van der Waals surface area (Å²) in [7, 11) is 0. The normalized spacial score (nSPS) is 11.3. The molecule has 100 heavy (non-hydrogen) atoms. The van der Waals surface area contributed by atoms with E-state index in [9.17, 15) is 28.8 Å². The molecule has 6 aromatic carbocycles. The van der Waals surface area contributed by atoms with Gasteiger partial charge in [-0.05, 0) is 229 Å². The second-order valence-electron chi connectivity index (χ2n) is 25.3. The summed E-state index contributed by atoms with van der Waals surface area (Å²) in [6.07, 6.45) is 25.3. The fraction of sp³-hybridized carbons (Fsp3) is 0.452. The maximum atomic E-state index is 12.9. The number of unbranched alkanes of at least 4 members (excludes halogenated alkanes) is 19. The minimum atomic E-state index is -0.476. The van der Waals surface area contributed by atoms with Crippen LogP contribution in [0.25, 0.3) is 22.3 Å². The van der Waals surface area contributed by atoms with Crippen molar-refractivity contribution in [1.29, 1.82) is 0 Å². The molecule has 6 rings (SSSR count). The molecule has 0 bridgehead atoms. The van der Waals surface area contributed by atoms with Crippen molar-refractivity contribution in [3.8, 4) is 45.3 Å². The van der Waals surface area contributed by atoms with Gasteiger partial charge in [0, 0.05) is 24.4 Å². The molecule has 0 aliphatic carbocycles. The summed E-state index contributed by atoms with van der Waals surface area (Å²) in [5, 5.41) is 0. The Morgan fingerprint density at radius 3 is 0.980 bits per heavy atom. The van der Waals surface area contributed by atoms with Crippen LogP contribution in [-0.2, 0) is 38.0 Å². The molecule has 538 valence electrons. The number of rotatable bonds is 52. The first-order valence-electron chi connectivity index (χ1n) is 36.3. The van der Waals surface area contributed by atoms with Crippen molar-refractivity contribution in [1.82, 2.24) is 0 Å². The highest BCUT2D eigenvalue weighted by Crippen LogP contribution is 2.27. The summed E-state index contributed by atoms with van der Waals surface area (Å²) in [5.41, 5.74) is 6.21. The van der Waals surface area contributed by atoms with Crippen LogP contribution in [0.15, 0.2) is 170 Å². The van der Waals surface area contributed by atoms with Gasteiger partial charge < -0.3 is 47.4 Å². The number of ether oxygens (including phenoxy) is 10. The fourth-order valence-electron chi connectivity index (χ4n) is 10.7. The van der Waals surface area contributed by atoms with E-state index in [1.54, 1.807) is 111 Å². The predicted molar refractivity (Wildman–Crippen MR) is 391 cm³/mol. The highest BCUT2D eigenvalue weighted by molar-refractivity contribution is 5.93. The maximum absolute atomic E-state index is 12.9. The fourth-order valence-corrected chi connectivity index (χ4v) is 10.7. The van der Waals surface area contributed by atoms with Crippen LogP contribution in [0.3, 0.4) is 0 Å². The van der Waals surface area contributed by atoms with Gasteiger partial charge in [-0.25, -0.2) is 28.8 Å². The highest BCUT2D eigenvalue weighted by atomic mass is 16.6. The first-order chi connectivity index (χ1) is 48.8. The third-order valence-corrected chi connectivity index (χ3v) is 16.7. The Morgan fingerprint density at radius 2 is 0.600 bits per heavy atom. The zero-order valence-electron chi connectivity index (χ0n) is 59.4. The lowest BCUT2D eigenvalue weighted by Crippen LogP contribution is -2.21. The van der Waals surface area contributed by atoms with Crippen LogP contribution < -0.4 is 18.9 Å². The van der Waals surface area contributed by atoms with E-state index in [1.165, 1.54) is 44.9 Å². The summed E-state index contributed by atoms with van der Waals surface area (Å²) < 4.78 is 57.0. The summed E-state index contributed by atoms with van der Waals surface area (Å²) in [5.74, 6) is -0.222. The standard InChI is InChI=1S/C84H106O16/c1-6-7-8-9-10-11-12-21-30-78(94-58-25-17-20-29-62-98-82(88)71-37-33-67(34-38-71)69-41-53-77(54-42-69)100-84(90)73-45-49-75(50-46-73)93-57-24-16-19-27-60-96-80(86)65(4)5)63-91-55-22-13-14-28-61-97-81(87)70-35-31-66(32-36-70)68-39-51-76(52-40-68)99-83(89)72-43-47-74(48-44-72)92-56-23-15-18-26-59-95-79(85)64(2)3/h31-54,78H,2,4,6-30,55-63H2,1,3,5H3. The number of hydrogen-bond acceptors (Lipinski definition) is 16. The van der Waals surface area contributed by atoms with Crippen molar-refractivity contribution in [2.24, 2.45) is 0 Å². The van der Waals surface area contributed by atoms with Crippen molar-refractivity contribution >= 4 is 35.8 Å². The molecule has 0 aromatic heterocycles. The Morgan fingerprint density at radius 1 is 0.310 bits per heavy atom. The molecule has 16 heteroatoms. The first-order valence-corrected chi connectivity index (χ1v) is 36.3. The summed E-state index contributed by atoms with van der Waals surface area (Å²) >= 11 is 0. The van der Waals surface area contributed by atoms with Crippen LogP contribution in [0.5, 0.6) is 23.0 Å². The Balaban J connectivity index is 0.782. The van der Waals surface area contributed by atoms with Gasteiger partial charge in [-0.2, -0.15) is 0 Å². The quantitative estimate of drug-likeness (QED) is 0.0115. The minimum Gasteiger partial charge on any atom is -0.494 e. The van der Waals surface area contributed by atoms with Crippen LogP contribution >= 0.6 is 0 Å². The third-order valence-electron chi connectivity index (χ3n) is 16.7. The zero-order chi connectivity index (χ0) is 71.2. The van der Waals surface area contributed by atoms with Crippen molar-refractivity contribution in [3.05, 3.63) is 192 Å². The van der Waals surface area contributed by atoms with E-state index in [1.807, 2.05) is 48.5 Å². The largest absolute Gasteiger partial charge is 0.494 e. The van der Waals surface area contributed by atoms with E-state index in [2.05, 4.69) is 20.1 Å². The van der Waals surface area contributed by atoms with Crippen molar-refractivity contribution in [2.75, 3.05) is 59.5 Å². The summed E-state index contributed by atoms with van der Waals surface area (Å²) in [4.78, 5) is 74.6. The molecule has 0 N–H and O–H groups in total. The van der Waals surface area contributed by atoms with Gasteiger partial charge in [0.2, 0.25) is 0 Å². The van der Waals surface area contributed by atoms with Gasteiger partial charge in [0.1, 0.15) is 23.0 Å². The van der Waals surface area contributed by atoms with Gasteiger partial charge in [-0.1, -0.05) is 133 Å². The van der Waals surface area contributed by atoms with Gasteiger partial charge in [-0.15, -0.1) is 0 Å². The molecule has 1 atom stereocenters. The monoisotopic (exact) mass is 1370 g/mol. The van der Waals surface area contributed by atoms with E-state index in [4.69, 9.17) is 47.4 Å². The minimum absolute atomic E-state index is 0.0542. The van der Waals surface area contributed by atoms with E-state index in [0.29, 0.717) is 116 Å². The zero-order valence-corrected chi connectivity index (χ0v) is 59.4. The average Bonchev–Trinajstić information content (AvgIpc) is 0.848. The van der Waals surface area contributed by atoms with Crippen LogP contribution in [0.1, 0.15) is 223 Å². The Labute approximate surface area is 593 Å². The van der Waals surface area contributed by atoms with Gasteiger partial charge in [0.05, 0.1) is 74.6 Å². The van der Waals surface area contributed by atoms with E-state index < -0.39 is 11.9 Å². The number of carbonyl (C=O) groups is 6. The number of benzene rings is 6. The topological polar surface area (TPSA) is 195 Å². The molecule has 0 saturated heterocycles. The predicted octanol–water partition coefficient (Wildman–Crippen LogP) is 19.6. The van der Waals surface area contributed by atoms with Crippen LogP contribution in [-0.4, -0.2) is 101 Å². The lowest BCUT2D eigenvalue weighted by atomic mass is 10.0. The summed E-state index contributed by atoms with van der Waals surface area (Å²) in [6.45, 7) is 17.1. The van der Waals surface area contributed by atoms with Crippen LogP contribution in [0.2, 0.25) is 0 Å². The van der Waals surface area contributed by atoms with Gasteiger partial charge in [0.15, 0.2) is 0 Å². The molecule has 0 aliphatic heterocycles. The second kappa shape index (κ2) is 48.0. The Bertz CT molecular complexity index is 3360. The van der Waals surface area contributed by atoms with Crippen molar-refractivity contribution in [3.63, 3.8) is 0 Å². The summed E-state index contributed by atoms with van der Waals surface area (Å²) in [6, 6.07) is 42.7. The molecule has 0 fully saturated rings. The average molecular weight is 1370 g/mol. The molecule has 6 aromatic rings. The van der Waals surface area contributed by atoms with Crippen LogP contribution in [0, 0.1) is 0 Å². The molecule has 0 spiro atoms. The molecule has 0 aliphatic rings. The van der Waals surface area contributed by atoms with Gasteiger partial charge in [-0.3, -0.25) is 0 Å². The molecular weight excluding hydrogens is 1260 g/mol. The smallest absolute Gasteiger partial charge is 0.343 e. The van der Waals surface area contributed by atoms with E-state index in [-0.39, 0.29) is 30.0 Å². The van der Waals surface area contributed by atoms with Crippen LogP contribution in [0.4, 0.5) is 0 Å². The first kappa shape index (κ1) is 80.1. The SMILES string of the molecule is C=C(C)C(=O)OCCCCCCOc1ccc(C(=O)Oc2ccc(-c3ccc(C(=O)OCCCCCCOCC(CCCCCCCCCC)OCCCCCCOC(=O)c4ccc(-c5ccc(OC(=O)c6ccc(OCCCCCCOC(=O)C(=C)C)cc6)cc5)cc4)cc3)cc2)cc1. The molecule has 16 nitrogen and oxygen atoms in total.